The zero-order valence-corrected chi connectivity index (χ0v) is 9.08. The van der Waals surface area contributed by atoms with Gasteiger partial charge in [-0.15, -0.1) is 0 Å². The van der Waals surface area contributed by atoms with Gasteiger partial charge in [0.2, 0.25) is 0 Å². The van der Waals surface area contributed by atoms with Crippen molar-refractivity contribution in [2.45, 2.75) is 38.1 Å². The van der Waals surface area contributed by atoms with Crippen LogP contribution in [0.3, 0.4) is 0 Å². The molecule has 2 atom stereocenters. The van der Waals surface area contributed by atoms with Crippen LogP contribution in [0.4, 0.5) is 0 Å². The van der Waals surface area contributed by atoms with Crippen molar-refractivity contribution in [1.29, 1.82) is 0 Å². The molecular formula is C12H19NO2. The van der Waals surface area contributed by atoms with Gasteiger partial charge in [0, 0.05) is 6.04 Å². The molecule has 1 heterocycles. The first-order chi connectivity index (χ1) is 7.29. The van der Waals surface area contributed by atoms with Gasteiger partial charge in [0.05, 0.1) is 19.1 Å². The van der Waals surface area contributed by atoms with Crippen molar-refractivity contribution in [3.63, 3.8) is 0 Å². The maximum Gasteiger partial charge on any atom is 0.165 e. The van der Waals surface area contributed by atoms with Crippen molar-refractivity contribution in [3.05, 3.63) is 11.6 Å². The van der Waals surface area contributed by atoms with Gasteiger partial charge >= 0.3 is 0 Å². The molecule has 0 aromatic rings. The van der Waals surface area contributed by atoms with Gasteiger partial charge in [0.15, 0.2) is 5.78 Å². The fourth-order valence-corrected chi connectivity index (χ4v) is 2.32. The van der Waals surface area contributed by atoms with Crippen LogP contribution in [0.2, 0.25) is 0 Å². The third kappa shape index (κ3) is 2.47. The molecule has 2 unspecified atom stereocenters. The summed E-state index contributed by atoms with van der Waals surface area (Å²) in [7, 11) is 0. The number of nitrogens with two attached hydrogens (primary N) is 1. The molecular weight excluding hydrogens is 190 g/mol. The predicted molar refractivity (Wildman–Crippen MR) is 58.5 cm³/mol. The average molecular weight is 209 g/mol. The molecule has 0 aromatic carbocycles. The molecule has 0 saturated carbocycles. The molecule has 0 aromatic heterocycles. The molecule has 0 spiro atoms. The lowest BCUT2D eigenvalue weighted by molar-refractivity contribution is -0.119. The summed E-state index contributed by atoms with van der Waals surface area (Å²) >= 11 is 0. The van der Waals surface area contributed by atoms with E-state index >= 15 is 0 Å². The minimum Gasteiger partial charge on any atom is -0.379 e. The second-order valence-electron chi connectivity index (χ2n) is 4.50. The number of carbonyl (C=O) groups excluding carboxylic acids is 1. The molecule has 3 heteroatoms. The Morgan fingerprint density at radius 3 is 2.93 bits per heavy atom. The first-order valence-corrected chi connectivity index (χ1v) is 5.85. The van der Waals surface area contributed by atoms with Crippen LogP contribution in [0, 0.1) is 5.92 Å². The molecule has 15 heavy (non-hydrogen) atoms. The smallest absolute Gasteiger partial charge is 0.165 e. The molecule has 3 nitrogen and oxygen atoms in total. The van der Waals surface area contributed by atoms with E-state index in [1.165, 1.54) is 12.8 Å². The van der Waals surface area contributed by atoms with E-state index in [1.807, 2.05) is 0 Å². The Bertz CT molecular complexity index is 273. The van der Waals surface area contributed by atoms with Crippen molar-refractivity contribution in [3.8, 4) is 0 Å². The van der Waals surface area contributed by atoms with Gasteiger partial charge in [-0.25, -0.2) is 0 Å². The fourth-order valence-electron chi connectivity index (χ4n) is 2.32. The molecule has 0 radical (unpaired) electrons. The molecule has 2 aliphatic rings. The van der Waals surface area contributed by atoms with E-state index in [-0.39, 0.29) is 17.7 Å². The summed E-state index contributed by atoms with van der Waals surface area (Å²) in [5.41, 5.74) is 6.85. The Morgan fingerprint density at radius 1 is 1.33 bits per heavy atom. The normalized spacial score (nSPS) is 32.2. The van der Waals surface area contributed by atoms with Crippen LogP contribution in [-0.2, 0) is 9.53 Å². The highest BCUT2D eigenvalue weighted by Gasteiger charge is 2.32. The van der Waals surface area contributed by atoms with E-state index in [4.69, 9.17) is 10.5 Å². The molecule has 0 bridgehead atoms. The molecule has 84 valence electrons. The summed E-state index contributed by atoms with van der Waals surface area (Å²) in [6, 6.07) is -0.0957. The molecule has 1 saturated heterocycles. The van der Waals surface area contributed by atoms with Gasteiger partial charge in [0.25, 0.3) is 0 Å². The van der Waals surface area contributed by atoms with E-state index in [0.717, 1.165) is 24.8 Å². The van der Waals surface area contributed by atoms with Gasteiger partial charge in [0.1, 0.15) is 0 Å². The summed E-state index contributed by atoms with van der Waals surface area (Å²) < 4.78 is 5.24. The average Bonchev–Trinajstić information content (AvgIpc) is 2.53. The van der Waals surface area contributed by atoms with Gasteiger partial charge in [-0.1, -0.05) is 12.5 Å². The number of ether oxygens (including phenoxy) is 1. The zero-order valence-electron chi connectivity index (χ0n) is 9.08. The van der Waals surface area contributed by atoms with Crippen LogP contribution < -0.4 is 5.73 Å². The highest BCUT2D eigenvalue weighted by Crippen LogP contribution is 2.23. The van der Waals surface area contributed by atoms with Gasteiger partial charge in [-0.2, -0.15) is 0 Å². The third-order valence-electron chi connectivity index (χ3n) is 3.32. The summed E-state index contributed by atoms with van der Waals surface area (Å²) in [5, 5.41) is 0. The number of rotatable bonds is 2. The third-order valence-corrected chi connectivity index (χ3v) is 3.32. The van der Waals surface area contributed by atoms with Gasteiger partial charge in [-0.3, -0.25) is 4.79 Å². The van der Waals surface area contributed by atoms with Crippen LogP contribution in [0.25, 0.3) is 0 Å². The Labute approximate surface area is 90.7 Å². The topological polar surface area (TPSA) is 52.3 Å². The Kier molecular flexibility index (Phi) is 3.54. The second-order valence-corrected chi connectivity index (χ2v) is 4.50. The Morgan fingerprint density at radius 2 is 2.20 bits per heavy atom. The number of allylic oxidation sites excluding steroid dienone is 2. The second kappa shape index (κ2) is 4.90. The number of hydrogen-bond acceptors (Lipinski definition) is 3. The first kappa shape index (κ1) is 10.8. The van der Waals surface area contributed by atoms with Crippen molar-refractivity contribution < 1.29 is 9.53 Å². The minimum atomic E-state index is -0.0957. The van der Waals surface area contributed by atoms with Crippen molar-refractivity contribution >= 4 is 5.78 Å². The molecule has 1 aliphatic heterocycles. The van der Waals surface area contributed by atoms with Crippen molar-refractivity contribution in [1.82, 2.24) is 0 Å². The van der Waals surface area contributed by atoms with E-state index in [1.54, 1.807) is 0 Å². The monoisotopic (exact) mass is 209 g/mol. The largest absolute Gasteiger partial charge is 0.379 e. The Balaban J connectivity index is 2.02. The van der Waals surface area contributed by atoms with Gasteiger partial charge in [-0.05, 0) is 31.3 Å². The van der Waals surface area contributed by atoms with Crippen LogP contribution in [0.5, 0.6) is 0 Å². The fraction of sp³-hybridized carbons (Fsp3) is 0.750. The quantitative estimate of drug-likeness (QED) is 0.748. The van der Waals surface area contributed by atoms with E-state index in [9.17, 15) is 4.79 Å². The van der Waals surface area contributed by atoms with E-state index in [0.29, 0.717) is 13.2 Å². The molecule has 2 rings (SSSR count). The molecule has 2 N–H and O–H groups in total. The highest BCUT2D eigenvalue weighted by atomic mass is 16.5. The van der Waals surface area contributed by atoms with Gasteiger partial charge < -0.3 is 10.5 Å². The molecule has 1 aliphatic carbocycles. The maximum absolute atomic E-state index is 12.1. The highest BCUT2D eigenvalue weighted by molar-refractivity contribution is 5.97. The molecule has 1 fully saturated rings. The van der Waals surface area contributed by atoms with E-state index < -0.39 is 0 Å². The van der Waals surface area contributed by atoms with Crippen molar-refractivity contribution in [2.24, 2.45) is 11.7 Å². The predicted octanol–water partition coefficient (Wildman–Crippen LogP) is 1.42. The van der Waals surface area contributed by atoms with Crippen LogP contribution in [0.1, 0.15) is 32.1 Å². The van der Waals surface area contributed by atoms with Crippen LogP contribution >= 0.6 is 0 Å². The lowest BCUT2D eigenvalue weighted by Crippen LogP contribution is -2.34. The van der Waals surface area contributed by atoms with E-state index in [2.05, 4.69) is 6.08 Å². The summed E-state index contributed by atoms with van der Waals surface area (Å²) in [6.45, 7) is 1.04. The van der Waals surface area contributed by atoms with Crippen LogP contribution in [-0.4, -0.2) is 25.0 Å². The number of Topliss-reactive ketones (excluding diaryl/α,β-unsaturated/α-hetero) is 1. The van der Waals surface area contributed by atoms with Crippen LogP contribution in [0.15, 0.2) is 11.6 Å². The number of hydrogen-bond donors (Lipinski definition) is 1. The first-order valence-electron chi connectivity index (χ1n) is 5.85. The summed E-state index contributed by atoms with van der Waals surface area (Å²) in [5.74, 6) is 0.149. The summed E-state index contributed by atoms with van der Waals surface area (Å²) in [6.07, 6.45) is 7.68. The SMILES string of the molecule is NC1COCC1C(=O)C1=CCCCCC1. The standard InChI is InChI=1S/C12H19NO2/c13-11-8-15-7-10(11)12(14)9-5-3-1-2-4-6-9/h5,10-11H,1-4,6-8,13H2. The Hall–Kier alpha value is -0.670. The maximum atomic E-state index is 12.1. The number of ketones is 1. The lowest BCUT2D eigenvalue weighted by Gasteiger charge is -2.13. The van der Waals surface area contributed by atoms with Crippen molar-refractivity contribution in [2.75, 3.05) is 13.2 Å². The lowest BCUT2D eigenvalue weighted by atomic mass is 9.91. The minimum absolute atomic E-state index is 0.0886. The number of carbonyl (C=O) groups is 1. The summed E-state index contributed by atoms with van der Waals surface area (Å²) in [4.78, 5) is 12.1. The molecule has 0 amide bonds. The zero-order chi connectivity index (χ0) is 10.7.